The molecule has 1 heterocycles. The van der Waals surface area contributed by atoms with Crippen molar-refractivity contribution >= 4 is 32.3 Å². The molecular weight excluding hydrogens is 689 g/mol. The Labute approximate surface area is 332 Å². The molecule has 1 aliphatic carbocycles. The van der Waals surface area contributed by atoms with E-state index >= 15 is 0 Å². The van der Waals surface area contributed by atoms with Gasteiger partial charge >= 0.3 is 0 Å². The first kappa shape index (κ1) is 33.2. The smallest absolute Gasteiger partial charge is 0.160 e. The molecule has 1 aliphatic rings. The van der Waals surface area contributed by atoms with Crippen LogP contribution < -0.4 is 0 Å². The van der Waals surface area contributed by atoms with E-state index in [0.29, 0.717) is 5.82 Å². The molecule has 0 aliphatic heterocycles. The van der Waals surface area contributed by atoms with E-state index in [1.807, 2.05) is 0 Å². The van der Waals surface area contributed by atoms with Crippen molar-refractivity contribution < 1.29 is 0 Å². The molecule has 0 spiro atoms. The predicted molar refractivity (Wildman–Crippen MR) is 239 cm³/mol. The lowest BCUT2D eigenvalue weighted by molar-refractivity contribution is 0.663. The molecule has 0 atom stereocenters. The van der Waals surface area contributed by atoms with Crippen LogP contribution in [0.15, 0.2) is 194 Å². The van der Waals surface area contributed by atoms with E-state index in [4.69, 9.17) is 9.97 Å². The average Bonchev–Trinajstić information content (AvgIpc) is 3.50. The summed E-state index contributed by atoms with van der Waals surface area (Å²) >= 11 is 0. The van der Waals surface area contributed by atoms with Gasteiger partial charge in [-0.2, -0.15) is 0 Å². The van der Waals surface area contributed by atoms with Crippen molar-refractivity contribution in [2.45, 2.75) is 19.3 Å². The number of hydrogen-bond donors (Lipinski definition) is 0. The summed E-state index contributed by atoms with van der Waals surface area (Å²) < 4.78 is 0. The molecule has 2 nitrogen and oxygen atoms in total. The molecule has 0 amide bonds. The summed E-state index contributed by atoms with van der Waals surface area (Å²) in [5.41, 5.74) is 15.1. The lowest BCUT2D eigenvalue weighted by Gasteiger charge is -2.25. The highest BCUT2D eigenvalue weighted by molar-refractivity contribution is 6.07. The monoisotopic (exact) mass is 726 g/mol. The molecule has 57 heavy (non-hydrogen) atoms. The summed E-state index contributed by atoms with van der Waals surface area (Å²) in [5, 5.41) is 7.33. The zero-order chi connectivity index (χ0) is 38.1. The van der Waals surface area contributed by atoms with Crippen LogP contribution in [0, 0.1) is 0 Å². The minimum Gasteiger partial charge on any atom is -0.228 e. The van der Waals surface area contributed by atoms with Gasteiger partial charge in [0.1, 0.15) is 0 Å². The van der Waals surface area contributed by atoms with Gasteiger partial charge in [0, 0.05) is 22.1 Å². The van der Waals surface area contributed by atoms with E-state index < -0.39 is 0 Å². The second-order valence-electron chi connectivity index (χ2n) is 15.8. The van der Waals surface area contributed by atoms with Gasteiger partial charge in [-0.3, -0.25) is 0 Å². The fraction of sp³-hybridized carbons (Fsp3) is 0.0545. The van der Waals surface area contributed by atoms with Crippen molar-refractivity contribution in [1.82, 2.24) is 9.97 Å². The number of benzene rings is 9. The van der Waals surface area contributed by atoms with Gasteiger partial charge in [0.25, 0.3) is 0 Å². The van der Waals surface area contributed by atoms with Gasteiger partial charge in [-0.05, 0) is 101 Å². The maximum Gasteiger partial charge on any atom is 0.160 e. The molecule has 268 valence electrons. The first-order chi connectivity index (χ1) is 28.0. The fourth-order valence-electron chi connectivity index (χ4n) is 9.20. The lowest BCUT2D eigenvalue weighted by Crippen LogP contribution is -2.16. The van der Waals surface area contributed by atoms with Gasteiger partial charge < -0.3 is 0 Å². The number of aromatic nitrogens is 2. The van der Waals surface area contributed by atoms with Gasteiger partial charge in [-0.15, -0.1) is 0 Å². The molecule has 11 rings (SSSR count). The fourth-order valence-corrected chi connectivity index (χ4v) is 9.20. The number of rotatable bonds is 5. The van der Waals surface area contributed by atoms with Crippen LogP contribution in [0.2, 0.25) is 0 Å². The predicted octanol–water partition coefficient (Wildman–Crippen LogP) is 14.6. The number of hydrogen-bond acceptors (Lipinski definition) is 2. The van der Waals surface area contributed by atoms with Crippen LogP contribution in [-0.2, 0) is 5.41 Å². The molecule has 0 fully saturated rings. The molecule has 0 saturated heterocycles. The van der Waals surface area contributed by atoms with Crippen LogP contribution in [0.3, 0.4) is 0 Å². The summed E-state index contributed by atoms with van der Waals surface area (Å²) in [7, 11) is 0. The quantitative estimate of drug-likeness (QED) is 0.176. The van der Waals surface area contributed by atoms with Crippen LogP contribution >= 0.6 is 0 Å². The average molecular weight is 727 g/mol. The Morgan fingerprint density at radius 2 is 0.877 bits per heavy atom. The SMILES string of the molecule is CC1(C)c2cc3ccccc3cc2-c2cccc(-c3ccc(-c4cc(-c5ccc6ccccc6c5)nc(-c5ccc(-c6ccccc6)cc5)n4)c4ccccc34)c21. The van der Waals surface area contributed by atoms with Crippen molar-refractivity contribution in [3.63, 3.8) is 0 Å². The first-order valence-corrected chi connectivity index (χ1v) is 19.7. The molecule has 0 radical (unpaired) electrons. The van der Waals surface area contributed by atoms with Crippen molar-refractivity contribution in [2.24, 2.45) is 0 Å². The summed E-state index contributed by atoms with van der Waals surface area (Å²) in [5.74, 6) is 0.705. The Kier molecular flexibility index (Phi) is 7.55. The van der Waals surface area contributed by atoms with Crippen molar-refractivity contribution in [3.8, 4) is 67.3 Å². The maximum absolute atomic E-state index is 5.34. The normalized spacial score (nSPS) is 12.9. The van der Waals surface area contributed by atoms with Gasteiger partial charge in [-0.25, -0.2) is 9.97 Å². The molecule has 1 aromatic heterocycles. The number of nitrogens with zero attached hydrogens (tertiary/aromatic N) is 2. The minimum atomic E-state index is -0.169. The third kappa shape index (κ3) is 5.48. The third-order valence-corrected chi connectivity index (χ3v) is 12.1. The lowest BCUT2D eigenvalue weighted by atomic mass is 9.78. The zero-order valence-corrected chi connectivity index (χ0v) is 31.9. The topological polar surface area (TPSA) is 25.8 Å². The second kappa shape index (κ2) is 13.0. The van der Waals surface area contributed by atoms with E-state index in [1.165, 1.54) is 76.8 Å². The van der Waals surface area contributed by atoms with E-state index in [-0.39, 0.29) is 5.41 Å². The minimum absolute atomic E-state index is 0.169. The summed E-state index contributed by atoms with van der Waals surface area (Å²) in [4.78, 5) is 10.6. The highest BCUT2D eigenvalue weighted by atomic mass is 14.9. The summed E-state index contributed by atoms with van der Waals surface area (Å²) in [6.07, 6.45) is 0. The van der Waals surface area contributed by atoms with Crippen LogP contribution in [0.4, 0.5) is 0 Å². The van der Waals surface area contributed by atoms with E-state index in [0.717, 1.165) is 28.1 Å². The van der Waals surface area contributed by atoms with E-state index in [1.54, 1.807) is 0 Å². The Morgan fingerprint density at radius 1 is 0.333 bits per heavy atom. The molecule has 9 aromatic carbocycles. The Hall–Kier alpha value is -7.16. The van der Waals surface area contributed by atoms with E-state index in [2.05, 4.69) is 208 Å². The molecule has 0 bridgehead atoms. The molecular formula is C55H38N2. The molecule has 2 heteroatoms. The van der Waals surface area contributed by atoms with Crippen LogP contribution in [0.25, 0.3) is 99.6 Å². The van der Waals surface area contributed by atoms with Crippen molar-refractivity contribution in [3.05, 3.63) is 205 Å². The van der Waals surface area contributed by atoms with Crippen LogP contribution in [0.1, 0.15) is 25.0 Å². The van der Waals surface area contributed by atoms with Gasteiger partial charge in [0.05, 0.1) is 11.4 Å². The van der Waals surface area contributed by atoms with Gasteiger partial charge in [-0.1, -0.05) is 184 Å². The Morgan fingerprint density at radius 3 is 1.63 bits per heavy atom. The number of fused-ring (bicyclic) bond motifs is 6. The van der Waals surface area contributed by atoms with Crippen molar-refractivity contribution in [2.75, 3.05) is 0 Å². The van der Waals surface area contributed by atoms with E-state index in [9.17, 15) is 0 Å². The van der Waals surface area contributed by atoms with Crippen LogP contribution in [-0.4, -0.2) is 9.97 Å². The molecule has 0 N–H and O–H groups in total. The van der Waals surface area contributed by atoms with Gasteiger partial charge in [0.15, 0.2) is 5.82 Å². The highest BCUT2D eigenvalue weighted by Crippen LogP contribution is 2.54. The first-order valence-electron chi connectivity index (χ1n) is 19.7. The third-order valence-electron chi connectivity index (χ3n) is 12.1. The Bertz CT molecular complexity index is 3190. The summed E-state index contributed by atoms with van der Waals surface area (Å²) in [6.45, 7) is 4.77. The van der Waals surface area contributed by atoms with Gasteiger partial charge in [0.2, 0.25) is 0 Å². The summed E-state index contributed by atoms with van der Waals surface area (Å²) in [6, 6.07) is 70.1. The Balaban J connectivity index is 1.08. The van der Waals surface area contributed by atoms with Crippen molar-refractivity contribution in [1.29, 1.82) is 0 Å². The molecule has 10 aromatic rings. The standard InChI is InChI=1S/C55H38N2/c1-55(2)50-33-41-18-9-8-17-40(41)32-49(50)48-22-12-21-47(53(48)55)45-29-30-46(44-20-11-10-19-43(44)45)52-34-51(42-28-25-36-15-6-7-16-39(36)31-42)56-54(57-52)38-26-23-37(24-27-38)35-13-4-3-5-14-35/h3-34H,1-2H3. The molecule has 0 unspecified atom stereocenters. The zero-order valence-electron chi connectivity index (χ0n) is 31.9. The largest absolute Gasteiger partial charge is 0.228 e. The molecule has 0 saturated carbocycles. The second-order valence-corrected chi connectivity index (χ2v) is 15.8. The van der Waals surface area contributed by atoms with Crippen LogP contribution in [0.5, 0.6) is 0 Å². The highest BCUT2D eigenvalue weighted by Gasteiger charge is 2.38. The maximum atomic E-state index is 5.34.